The van der Waals surface area contributed by atoms with E-state index in [2.05, 4.69) is 4.98 Å². The molecule has 26 heavy (non-hydrogen) atoms. The van der Waals surface area contributed by atoms with E-state index in [4.69, 9.17) is 9.15 Å². The van der Waals surface area contributed by atoms with Gasteiger partial charge < -0.3 is 9.15 Å². The summed E-state index contributed by atoms with van der Waals surface area (Å²) < 4.78 is 10.9. The Balaban J connectivity index is 1.77. The topological polar surface area (TPSA) is 55.6 Å². The molecule has 2 heterocycles. The second-order valence-corrected chi connectivity index (χ2v) is 6.88. The maximum atomic E-state index is 12.0. The summed E-state index contributed by atoms with van der Waals surface area (Å²) >= 11 is 1.59. The first-order valence-electron chi connectivity index (χ1n) is 8.57. The van der Waals surface area contributed by atoms with Crippen LogP contribution in [0.5, 0.6) is 0 Å². The number of thiophene rings is 1. The number of carbonyl (C=O) groups excluding carboxylic acids is 1. The van der Waals surface area contributed by atoms with Gasteiger partial charge in [-0.15, -0.1) is 11.3 Å². The van der Waals surface area contributed by atoms with Crippen molar-refractivity contribution < 1.29 is 13.9 Å². The third-order valence-corrected chi connectivity index (χ3v) is 4.76. The van der Waals surface area contributed by atoms with Gasteiger partial charge in [0, 0.05) is 13.1 Å². The van der Waals surface area contributed by atoms with Crippen LogP contribution in [0.4, 0.5) is 0 Å². The molecule has 0 spiro atoms. The van der Waals surface area contributed by atoms with E-state index in [1.54, 1.807) is 11.3 Å². The summed E-state index contributed by atoms with van der Waals surface area (Å²) in [5.74, 6) is 1.17. The first-order chi connectivity index (χ1) is 12.7. The van der Waals surface area contributed by atoms with Gasteiger partial charge in [0.1, 0.15) is 5.76 Å². The van der Waals surface area contributed by atoms with E-state index in [0.717, 1.165) is 21.9 Å². The molecule has 1 aromatic carbocycles. The van der Waals surface area contributed by atoms with Gasteiger partial charge in [0.25, 0.3) is 0 Å². The summed E-state index contributed by atoms with van der Waals surface area (Å²) in [5.41, 5.74) is 1.98. The van der Waals surface area contributed by atoms with Gasteiger partial charge in [0.05, 0.1) is 23.7 Å². The molecule has 0 amide bonds. The number of rotatable bonds is 8. The summed E-state index contributed by atoms with van der Waals surface area (Å²) in [4.78, 5) is 19.7. The van der Waals surface area contributed by atoms with Crippen molar-refractivity contribution in [2.75, 3.05) is 13.2 Å². The number of nitrogens with zero attached hydrogens (tertiary/aromatic N) is 2. The maximum Gasteiger partial charge on any atom is 0.320 e. The Morgan fingerprint density at radius 1 is 1.19 bits per heavy atom. The predicted molar refractivity (Wildman–Crippen MR) is 102 cm³/mol. The lowest BCUT2D eigenvalue weighted by Gasteiger charge is -2.20. The van der Waals surface area contributed by atoms with Crippen LogP contribution in [0.25, 0.3) is 10.8 Å². The summed E-state index contributed by atoms with van der Waals surface area (Å²) in [7, 11) is 0. The van der Waals surface area contributed by atoms with E-state index in [-0.39, 0.29) is 12.5 Å². The molecule has 0 saturated heterocycles. The molecule has 0 N–H and O–H groups in total. The third kappa shape index (κ3) is 4.80. The molecule has 0 fully saturated rings. The van der Waals surface area contributed by atoms with Gasteiger partial charge in [-0.3, -0.25) is 9.69 Å². The quantitative estimate of drug-likeness (QED) is 0.554. The molecule has 0 bridgehead atoms. The highest BCUT2D eigenvalue weighted by atomic mass is 32.1. The van der Waals surface area contributed by atoms with Crippen LogP contribution in [0, 0.1) is 6.92 Å². The van der Waals surface area contributed by atoms with Crippen LogP contribution in [0.3, 0.4) is 0 Å². The zero-order valence-corrected chi connectivity index (χ0v) is 15.8. The predicted octanol–water partition coefficient (Wildman–Crippen LogP) is 4.28. The number of ether oxygens (including phenoxy) is 1. The monoisotopic (exact) mass is 370 g/mol. The van der Waals surface area contributed by atoms with Crippen LogP contribution in [0.1, 0.15) is 23.9 Å². The first-order valence-corrected chi connectivity index (χ1v) is 9.45. The average molecular weight is 370 g/mol. The summed E-state index contributed by atoms with van der Waals surface area (Å²) in [6.07, 6.45) is 0. The first kappa shape index (κ1) is 18.4. The van der Waals surface area contributed by atoms with Gasteiger partial charge >= 0.3 is 5.97 Å². The molecule has 0 unspecified atom stereocenters. The van der Waals surface area contributed by atoms with Crippen LogP contribution in [0.15, 0.2) is 52.3 Å². The van der Waals surface area contributed by atoms with Crippen molar-refractivity contribution >= 4 is 17.3 Å². The standard InChI is InChI=1S/C20H22N2O3S/c1-3-24-19(23)14-22(12-16-8-5-4-6-9-16)13-17-15(2)25-20(21-17)18-10-7-11-26-18/h4-11H,3,12-14H2,1-2H3. The summed E-state index contributed by atoms with van der Waals surface area (Å²) in [6.45, 7) is 5.47. The number of esters is 1. The van der Waals surface area contributed by atoms with E-state index >= 15 is 0 Å². The van der Waals surface area contributed by atoms with E-state index in [1.165, 1.54) is 0 Å². The lowest BCUT2D eigenvalue weighted by Crippen LogP contribution is -2.30. The highest BCUT2D eigenvalue weighted by Crippen LogP contribution is 2.26. The zero-order valence-electron chi connectivity index (χ0n) is 15.0. The number of aryl methyl sites for hydroxylation is 1. The summed E-state index contributed by atoms with van der Waals surface area (Å²) in [5, 5.41) is 2.00. The molecule has 0 saturated carbocycles. The van der Waals surface area contributed by atoms with Crippen molar-refractivity contribution in [2.45, 2.75) is 26.9 Å². The SMILES string of the molecule is CCOC(=O)CN(Cc1ccccc1)Cc1nc(-c2cccs2)oc1C. The van der Waals surface area contributed by atoms with Crippen LogP contribution in [-0.2, 0) is 22.6 Å². The number of hydrogen-bond acceptors (Lipinski definition) is 6. The van der Waals surface area contributed by atoms with Crippen LogP contribution in [-0.4, -0.2) is 29.0 Å². The van der Waals surface area contributed by atoms with Crippen molar-refractivity contribution in [3.63, 3.8) is 0 Å². The summed E-state index contributed by atoms with van der Waals surface area (Å²) in [6, 6.07) is 14.0. The van der Waals surface area contributed by atoms with Gasteiger partial charge in [0.15, 0.2) is 0 Å². The molecule has 0 aliphatic heterocycles. The van der Waals surface area contributed by atoms with Crippen molar-refractivity contribution in [3.8, 4) is 10.8 Å². The Morgan fingerprint density at radius 3 is 2.69 bits per heavy atom. The number of carbonyl (C=O) groups is 1. The van der Waals surface area contributed by atoms with Crippen LogP contribution >= 0.6 is 11.3 Å². The normalized spacial score (nSPS) is 11.0. The smallest absolute Gasteiger partial charge is 0.320 e. The Morgan fingerprint density at radius 2 is 2.00 bits per heavy atom. The van der Waals surface area contributed by atoms with Gasteiger partial charge in [-0.1, -0.05) is 36.4 Å². The maximum absolute atomic E-state index is 12.0. The molecule has 5 nitrogen and oxygen atoms in total. The van der Waals surface area contributed by atoms with Gasteiger partial charge in [-0.05, 0) is 30.9 Å². The highest BCUT2D eigenvalue weighted by molar-refractivity contribution is 7.13. The number of oxazole rings is 1. The van der Waals surface area contributed by atoms with Crippen molar-refractivity contribution in [1.82, 2.24) is 9.88 Å². The molecule has 136 valence electrons. The van der Waals surface area contributed by atoms with Crippen LogP contribution in [0.2, 0.25) is 0 Å². The van der Waals surface area contributed by atoms with Crippen molar-refractivity contribution in [1.29, 1.82) is 0 Å². The molecule has 6 heteroatoms. The average Bonchev–Trinajstić information content (AvgIpc) is 3.26. The highest BCUT2D eigenvalue weighted by Gasteiger charge is 2.18. The van der Waals surface area contributed by atoms with E-state index < -0.39 is 0 Å². The molecular weight excluding hydrogens is 348 g/mol. The molecule has 3 aromatic rings. The molecule has 0 radical (unpaired) electrons. The third-order valence-electron chi connectivity index (χ3n) is 3.91. The largest absolute Gasteiger partial charge is 0.465 e. The van der Waals surface area contributed by atoms with Gasteiger partial charge in [-0.2, -0.15) is 0 Å². The zero-order chi connectivity index (χ0) is 18.4. The number of aromatic nitrogens is 1. The second kappa shape index (κ2) is 8.78. The fraction of sp³-hybridized carbons (Fsp3) is 0.300. The Hall–Kier alpha value is -2.44. The Kier molecular flexibility index (Phi) is 6.20. The van der Waals surface area contributed by atoms with Crippen LogP contribution < -0.4 is 0 Å². The van der Waals surface area contributed by atoms with Gasteiger partial charge in [-0.25, -0.2) is 4.98 Å². The van der Waals surface area contributed by atoms with Gasteiger partial charge in [0.2, 0.25) is 5.89 Å². The van der Waals surface area contributed by atoms with Crippen molar-refractivity contribution in [3.05, 3.63) is 64.9 Å². The molecule has 0 atom stereocenters. The van der Waals surface area contributed by atoms with E-state index in [1.807, 2.05) is 66.6 Å². The Bertz CT molecular complexity index is 828. The lowest BCUT2D eigenvalue weighted by molar-refractivity contribution is -0.144. The fourth-order valence-electron chi connectivity index (χ4n) is 2.69. The van der Waals surface area contributed by atoms with E-state index in [0.29, 0.717) is 25.6 Å². The second-order valence-electron chi connectivity index (χ2n) is 5.93. The minimum absolute atomic E-state index is 0.212. The molecule has 3 rings (SSSR count). The van der Waals surface area contributed by atoms with Crippen molar-refractivity contribution in [2.24, 2.45) is 0 Å². The molecule has 2 aromatic heterocycles. The minimum atomic E-state index is -0.233. The van der Waals surface area contributed by atoms with E-state index in [9.17, 15) is 4.79 Å². The molecular formula is C20H22N2O3S. The number of benzene rings is 1. The number of hydrogen-bond donors (Lipinski definition) is 0. The fourth-order valence-corrected chi connectivity index (χ4v) is 3.34. The Labute approximate surface area is 157 Å². The minimum Gasteiger partial charge on any atom is -0.465 e. The molecule has 0 aliphatic carbocycles. The lowest BCUT2D eigenvalue weighted by atomic mass is 10.2. The molecule has 0 aliphatic rings.